The zero-order valence-corrected chi connectivity index (χ0v) is 19.2. The summed E-state index contributed by atoms with van der Waals surface area (Å²) in [5, 5.41) is 8.99. The van der Waals surface area contributed by atoms with Crippen molar-refractivity contribution in [2.45, 2.75) is 49.8 Å². The minimum atomic E-state index is -4.36. The topological polar surface area (TPSA) is 77.9 Å². The van der Waals surface area contributed by atoms with Crippen LogP contribution in [-0.4, -0.2) is 60.4 Å². The molecule has 0 amide bonds. The highest BCUT2D eigenvalue weighted by molar-refractivity contribution is 7.89. The molecule has 0 unspecified atom stereocenters. The number of piperazine rings is 1. The van der Waals surface area contributed by atoms with E-state index < -0.39 is 27.7 Å². The first-order valence-corrected chi connectivity index (χ1v) is 12.0. The van der Waals surface area contributed by atoms with Gasteiger partial charge in [-0.05, 0) is 55.7 Å². The van der Waals surface area contributed by atoms with Crippen LogP contribution in [0.5, 0.6) is 0 Å². The van der Waals surface area contributed by atoms with Crippen molar-refractivity contribution < 1.29 is 31.5 Å². The lowest BCUT2D eigenvalue weighted by atomic mass is 10.1. The third-order valence-corrected chi connectivity index (χ3v) is 7.87. The van der Waals surface area contributed by atoms with E-state index in [4.69, 9.17) is 5.11 Å². The van der Waals surface area contributed by atoms with Gasteiger partial charge in [-0.3, -0.25) is 9.69 Å². The standard InChI is InChI=1S/C23H27F3N2O4S/c1-16-14-27(11-10-18-6-8-20(9-7-18)23(24,25)26)15-17(2)28(16)33(31,32)21-5-3-4-19(12-21)13-22(29)30/h3-9,12,16-17H,10-11,13-15H2,1-2H3,(H,29,30)/t16-,17+. The van der Waals surface area contributed by atoms with Crippen LogP contribution < -0.4 is 0 Å². The van der Waals surface area contributed by atoms with E-state index in [0.717, 1.165) is 17.7 Å². The summed E-state index contributed by atoms with van der Waals surface area (Å²) in [4.78, 5) is 13.2. The van der Waals surface area contributed by atoms with E-state index in [9.17, 15) is 26.4 Å². The summed E-state index contributed by atoms with van der Waals surface area (Å²) >= 11 is 0. The van der Waals surface area contributed by atoms with Crippen molar-refractivity contribution in [2.24, 2.45) is 0 Å². The quantitative estimate of drug-likeness (QED) is 0.649. The summed E-state index contributed by atoms with van der Waals surface area (Å²) < 4.78 is 66.3. The number of carboxylic acids is 1. The number of sulfonamides is 1. The molecule has 1 heterocycles. The van der Waals surface area contributed by atoms with Gasteiger partial charge in [-0.1, -0.05) is 24.3 Å². The molecule has 0 bridgehead atoms. The van der Waals surface area contributed by atoms with Crippen LogP contribution >= 0.6 is 0 Å². The van der Waals surface area contributed by atoms with Gasteiger partial charge >= 0.3 is 12.1 Å². The van der Waals surface area contributed by atoms with Crippen LogP contribution in [0.25, 0.3) is 0 Å². The van der Waals surface area contributed by atoms with Crippen molar-refractivity contribution in [2.75, 3.05) is 19.6 Å². The molecule has 0 spiro atoms. The lowest BCUT2D eigenvalue weighted by Gasteiger charge is -2.43. The van der Waals surface area contributed by atoms with Gasteiger partial charge in [0.1, 0.15) is 0 Å². The van der Waals surface area contributed by atoms with Gasteiger partial charge in [-0.15, -0.1) is 0 Å². The molecule has 0 aromatic heterocycles. The van der Waals surface area contributed by atoms with Crippen molar-refractivity contribution in [3.63, 3.8) is 0 Å². The molecule has 1 fully saturated rings. The summed E-state index contributed by atoms with van der Waals surface area (Å²) in [6.07, 6.45) is -4.06. The number of carboxylic acid groups (broad SMARTS) is 1. The van der Waals surface area contributed by atoms with Crippen LogP contribution in [0.15, 0.2) is 53.4 Å². The van der Waals surface area contributed by atoms with E-state index in [0.29, 0.717) is 31.6 Å². The second kappa shape index (κ2) is 9.82. The predicted octanol–water partition coefficient (Wildman–Crippen LogP) is 3.66. The van der Waals surface area contributed by atoms with Gasteiger partial charge in [0.05, 0.1) is 16.9 Å². The third-order valence-electron chi connectivity index (χ3n) is 5.74. The molecular formula is C23H27F3N2O4S. The van der Waals surface area contributed by atoms with Gasteiger partial charge in [-0.2, -0.15) is 17.5 Å². The fourth-order valence-electron chi connectivity index (χ4n) is 4.33. The lowest BCUT2D eigenvalue weighted by Crippen LogP contribution is -2.58. The maximum Gasteiger partial charge on any atom is 0.416 e. The minimum absolute atomic E-state index is 0.0677. The molecule has 0 saturated carbocycles. The van der Waals surface area contributed by atoms with Crippen LogP contribution in [0.1, 0.15) is 30.5 Å². The molecular weight excluding hydrogens is 457 g/mol. The van der Waals surface area contributed by atoms with Crippen LogP contribution in [0.3, 0.4) is 0 Å². The predicted molar refractivity (Wildman–Crippen MR) is 117 cm³/mol. The number of benzene rings is 2. The Morgan fingerprint density at radius 3 is 2.18 bits per heavy atom. The molecule has 33 heavy (non-hydrogen) atoms. The summed E-state index contributed by atoms with van der Waals surface area (Å²) in [5.74, 6) is -1.03. The first-order valence-electron chi connectivity index (χ1n) is 10.6. The highest BCUT2D eigenvalue weighted by Crippen LogP contribution is 2.29. The average molecular weight is 485 g/mol. The van der Waals surface area contributed by atoms with E-state index in [-0.39, 0.29) is 23.4 Å². The molecule has 6 nitrogen and oxygen atoms in total. The molecule has 0 radical (unpaired) electrons. The lowest BCUT2D eigenvalue weighted by molar-refractivity contribution is -0.138. The van der Waals surface area contributed by atoms with Crippen molar-refractivity contribution in [3.05, 3.63) is 65.2 Å². The molecule has 1 saturated heterocycles. The molecule has 3 rings (SSSR count). The number of aliphatic carboxylic acids is 1. The first kappa shape index (κ1) is 25.2. The SMILES string of the molecule is C[C@@H]1CN(CCc2ccc(C(F)(F)F)cc2)C[C@H](C)N1S(=O)(=O)c1cccc(CC(=O)O)c1. The van der Waals surface area contributed by atoms with E-state index in [1.54, 1.807) is 12.1 Å². The molecule has 0 aliphatic carbocycles. The summed E-state index contributed by atoms with van der Waals surface area (Å²) in [5.41, 5.74) is 0.521. The molecule has 1 N–H and O–H groups in total. The minimum Gasteiger partial charge on any atom is -0.481 e. The summed E-state index contributed by atoms with van der Waals surface area (Å²) in [6, 6.07) is 10.4. The normalized spacial score (nSPS) is 20.6. The molecule has 2 atom stereocenters. The Kier molecular flexibility index (Phi) is 7.50. The number of rotatable bonds is 7. The van der Waals surface area contributed by atoms with Crippen LogP contribution in [-0.2, 0) is 33.8 Å². The smallest absolute Gasteiger partial charge is 0.416 e. The Balaban J connectivity index is 1.66. The zero-order valence-electron chi connectivity index (χ0n) is 18.4. The zero-order chi connectivity index (χ0) is 24.4. The maximum atomic E-state index is 13.3. The van der Waals surface area contributed by atoms with Crippen molar-refractivity contribution in [1.82, 2.24) is 9.21 Å². The Hall–Kier alpha value is -2.43. The van der Waals surface area contributed by atoms with Crippen molar-refractivity contribution >= 4 is 16.0 Å². The van der Waals surface area contributed by atoms with E-state index in [1.807, 2.05) is 13.8 Å². The van der Waals surface area contributed by atoms with Crippen molar-refractivity contribution in [1.29, 1.82) is 0 Å². The Morgan fingerprint density at radius 1 is 1.03 bits per heavy atom. The molecule has 1 aliphatic heterocycles. The average Bonchev–Trinajstić information content (AvgIpc) is 2.71. The van der Waals surface area contributed by atoms with Gasteiger partial charge in [-0.25, -0.2) is 8.42 Å². The molecule has 2 aromatic rings. The largest absolute Gasteiger partial charge is 0.481 e. The van der Waals surface area contributed by atoms with Crippen LogP contribution in [0.4, 0.5) is 13.2 Å². The van der Waals surface area contributed by atoms with Crippen LogP contribution in [0, 0.1) is 0 Å². The monoisotopic (exact) mass is 484 g/mol. The molecule has 1 aliphatic rings. The van der Waals surface area contributed by atoms with Gasteiger partial charge in [0.15, 0.2) is 0 Å². The fourth-order valence-corrected chi connectivity index (χ4v) is 6.21. The second-order valence-electron chi connectivity index (χ2n) is 8.46. The number of halogens is 3. The van der Waals surface area contributed by atoms with Gasteiger partial charge in [0, 0.05) is 31.7 Å². The van der Waals surface area contributed by atoms with Crippen LogP contribution in [0.2, 0.25) is 0 Å². The van der Waals surface area contributed by atoms with Gasteiger partial charge < -0.3 is 5.11 Å². The highest BCUT2D eigenvalue weighted by Gasteiger charge is 2.38. The highest BCUT2D eigenvalue weighted by atomic mass is 32.2. The number of hydrogen-bond donors (Lipinski definition) is 1. The number of nitrogens with zero attached hydrogens (tertiary/aromatic N) is 2. The molecule has 180 valence electrons. The van der Waals surface area contributed by atoms with Crippen molar-refractivity contribution in [3.8, 4) is 0 Å². The Morgan fingerprint density at radius 2 is 1.64 bits per heavy atom. The van der Waals surface area contributed by atoms with E-state index in [2.05, 4.69) is 4.90 Å². The maximum absolute atomic E-state index is 13.3. The number of carbonyl (C=O) groups is 1. The Labute approximate surface area is 191 Å². The third kappa shape index (κ3) is 6.13. The first-order chi connectivity index (χ1) is 15.4. The fraction of sp³-hybridized carbons (Fsp3) is 0.435. The van der Waals surface area contributed by atoms with Gasteiger partial charge in [0.2, 0.25) is 10.0 Å². The van der Waals surface area contributed by atoms with E-state index >= 15 is 0 Å². The Bertz CT molecular complexity index is 1080. The van der Waals surface area contributed by atoms with Gasteiger partial charge in [0.25, 0.3) is 0 Å². The number of alkyl halides is 3. The molecule has 10 heteroatoms. The van der Waals surface area contributed by atoms with E-state index in [1.165, 1.54) is 28.6 Å². The summed E-state index contributed by atoms with van der Waals surface area (Å²) in [6.45, 7) is 5.21. The number of hydrogen-bond acceptors (Lipinski definition) is 4. The molecule has 2 aromatic carbocycles. The summed E-state index contributed by atoms with van der Waals surface area (Å²) in [7, 11) is -3.82. The second-order valence-corrected chi connectivity index (χ2v) is 10.3.